The van der Waals surface area contributed by atoms with Crippen molar-refractivity contribution < 1.29 is 26.3 Å². The largest absolute Gasteiger partial charge is 0.487 e. The number of nitrogens with zero attached hydrogens (tertiary/aromatic N) is 3. The Labute approximate surface area is 221 Å². The van der Waals surface area contributed by atoms with Gasteiger partial charge >= 0.3 is 6.18 Å². The van der Waals surface area contributed by atoms with Crippen molar-refractivity contribution in [2.45, 2.75) is 30.0 Å². The Morgan fingerprint density at radius 3 is 2.38 bits per heavy atom. The zero-order valence-corrected chi connectivity index (χ0v) is 21.2. The Bertz CT molecular complexity index is 1630. The van der Waals surface area contributed by atoms with E-state index in [0.717, 1.165) is 12.3 Å². The fraction of sp³-hybridized carbons (Fsp3) is 0.240. The van der Waals surface area contributed by atoms with E-state index in [1.807, 2.05) is 0 Å². The van der Waals surface area contributed by atoms with Gasteiger partial charge in [-0.1, -0.05) is 6.07 Å². The molecule has 4 aromatic rings. The molecule has 2 aromatic carbocycles. The number of hydrogen-bond acceptors (Lipinski definition) is 9. The summed E-state index contributed by atoms with van der Waals surface area (Å²) in [5.41, 5.74) is 5.41. The van der Waals surface area contributed by atoms with Crippen molar-refractivity contribution in [1.29, 1.82) is 0 Å². The number of sulfonamides is 1. The second-order valence-corrected chi connectivity index (χ2v) is 10.5. The van der Waals surface area contributed by atoms with E-state index < -0.39 is 21.8 Å². The number of pyridine rings is 1. The number of benzene rings is 2. The highest BCUT2D eigenvalue weighted by Gasteiger charge is 2.35. The number of fused-ring (bicyclic) bond motifs is 1. The molecular formula is C25H24F3N7O3S. The third kappa shape index (κ3) is 5.87. The highest BCUT2D eigenvalue weighted by Crippen LogP contribution is 2.43. The highest BCUT2D eigenvalue weighted by molar-refractivity contribution is 7.89. The molecule has 1 aliphatic rings. The molecule has 204 valence electrons. The van der Waals surface area contributed by atoms with Gasteiger partial charge in [-0.25, -0.2) is 28.5 Å². The van der Waals surface area contributed by atoms with Crippen molar-refractivity contribution >= 4 is 38.4 Å². The maximum atomic E-state index is 14.0. The number of hydrogen-bond donors (Lipinski definition) is 4. The number of nitrogen functional groups attached to an aromatic ring is 1. The normalized spacial score (nSPS) is 14.9. The van der Waals surface area contributed by atoms with Crippen LogP contribution in [0.25, 0.3) is 22.0 Å². The zero-order valence-electron chi connectivity index (χ0n) is 20.4. The number of aromatic nitrogens is 3. The van der Waals surface area contributed by atoms with Gasteiger partial charge in [0.2, 0.25) is 16.0 Å². The number of nitrogens with one attached hydrogen (secondary N) is 2. The number of halogens is 3. The molecule has 0 unspecified atom stereocenters. The number of primary sulfonamides is 1. The van der Waals surface area contributed by atoms with Gasteiger partial charge in [0.15, 0.2) is 5.75 Å². The predicted octanol–water partition coefficient (Wildman–Crippen LogP) is 3.81. The van der Waals surface area contributed by atoms with Crippen LogP contribution in [0.4, 0.5) is 30.6 Å². The molecule has 3 heterocycles. The van der Waals surface area contributed by atoms with E-state index in [0.29, 0.717) is 42.5 Å². The lowest BCUT2D eigenvalue weighted by atomic mass is 9.98. The molecular weight excluding hydrogens is 535 g/mol. The highest BCUT2D eigenvalue weighted by atomic mass is 32.2. The van der Waals surface area contributed by atoms with Crippen LogP contribution in [0.3, 0.4) is 0 Å². The van der Waals surface area contributed by atoms with Gasteiger partial charge in [0, 0.05) is 34.6 Å². The number of alkyl halides is 3. The molecule has 6 N–H and O–H groups in total. The maximum absolute atomic E-state index is 14.0. The molecule has 0 radical (unpaired) electrons. The number of anilines is 3. The maximum Gasteiger partial charge on any atom is 0.417 e. The Balaban J connectivity index is 1.62. The molecule has 0 saturated carbocycles. The first-order valence-electron chi connectivity index (χ1n) is 11.9. The molecule has 2 aromatic heterocycles. The molecule has 0 atom stereocenters. The van der Waals surface area contributed by atoms with Gasteiger partial charge in [0.05, 0.1) is 10.5 Å². The fourth-order valence-corrected chi connectivity index (χ4v) is 4.84. The van der Waals surface area contributed by atoms with Crippen molar-refractivity contribution in [2.24, 2.45) is 5.14 Å². The lowest BCUT2D eigenvalue weighted by Crippen LogP contribution is -2.34. The van der Waals surface area contributed by atoms with E-state index in [1.54, 1.807) is 6.07 Å². The summed E-state index contributed by atoms with van der Waals surface area (Å²) in [6.07, 6.45) is -1.00. The van der Waals surface area contributed by atoms with Crippen molar-refractivity contribution in [3.05, 3.63) is 60.4 Å². The SMILES string of the molecule is Nc1cc(C(F)(F)F)c(-c2ccc3cnc(Nc4ccc(S(N)(=O)=O)cc4)nc3c2OC2CCNCC2)cn1. The van der Waals surface area contributed by atoms with Crippen LogP contribution < -0.4 is 26.2 Å². The number of rotatable bonds is 6. The third-order valence-corrected chi connectivity index (χ3v) is 7.17. The average molecular weight is 560 g/mol. The molecule has 39 heavy (non-hydrogen) atoms. The van der Waals surface area contributed by atoms with E-state index in [2.05, 4.69) is 25.6 Å². The molecule has 0 aliphatic carbocycles. The van der Waals surface area contributed by atoms with Gasteiger partial charge in [0.25, 0.3) is 0 Å². The molecule has 1 saturated heterocycles. The quantitative estimate of drug-likeness (QED) is 0.276. The van der Waals surface area contributed by atoms with E-state index in [4.69, 9.17) is 15.6 Å². The molecule has 10 nitrogen and oxygen atoms in total. The van der Waals surface area contributed by atoms with Crippen molar-refractivity contribution in [3.63, 3.8) is 0 Å². The summed E-state index contributed by atoms with van der Waals surface area (Å²) in [6, 6.07) is 9.58. The molecule has 5 rings (SSSR count). The van der Waals surface area contributed by atoms with Gasteiger partial charge in [-0.3, -0.25) is 0 Å². The predicted molar refractivity (Wildman–Crippen MR) is 140 cm³/mol. The molecule has 0 spiro atoms. The lowest BCUT2D eigenvalue weighted by molar-refractivity contribution is -0.137. The molecule has 0 bridgehead atoms. The van der Waals surface area contributed by atoms with Gasteiger partial charge in [-0.2, -0.15) is 13.2 Å². The van der Waals surface area contributed by atoms with Crippen LogP contribution in [0, 0.1) is 0 Å². The minimum Gasteiger partial charge on any atom is -0.487 e. The monoisotopic (exact) mass is 559 g/mol. The van der Waals surface area contributed by atoms with Gasteiger partial charge in [0.1, 0.15) is 17.4 Å². The summed E-state index contributed by atoms with van der Waals surface area (Å²) in [6.45, 7) is 1.41. The van der Waals surface area contributed by atoms with Crippen LogP contribution in [-0.4, -0.2) is 42.6 Å². The first kappa shape index (κ1) is 26.6. The topological polar surface area (TPSA) is 158 Å². The number of nitrogens with two attached hydrogens (primary N) is 2. The summed E-state index contributed by atoms with van der Waals surface area (Å²) in [5.74, 6) is 0.0473. The summed E-state index contributed by atoms with van der Waals surface area (Å²) in [7, 11) is -3.86. The summed E-state index contributed by atoms with van der Waals surface area (Å²) in [5, 5.41) is 11.9. The molecule has 1 aliphatic heterocycles. The Hall–Kier alpha value is -4.01. The number of piperidine rings is 1. The lowest BCUT2D eigenvalue weighted by Gasteiger charge is -2.26. The van der Waals surface area contributed by atoms with Crippen molar-refractivity contribution in [2.75, 3.05) is 24.1 Å². The Morgan fingerprint density at radius 1 is 1.00 bits per heavy atom. The van der Waals surface area contributed by atoms with Crippen LogP contribution in [0.5, 0.6) is 5.75 Å². The smallest absolute Gasteiger partial charge is 0.417 e. The van der Waals surface area contributed by atoms with Crippen LogP contribution in [-0.2, 0) is 16.2 Å². The summed E-state index contributed by atoms with van der Waals surface area (Å²) < 4.78 is 71.5. The van der Waals surface area contributed by atoms with Gasteiger partial charge < -0.3 is 21.1 Å². The summed E-state index contributed by atoms with van der Waals surface area (Å²) in [4.78, 5) is 12.7. The van der Waals surface area contributed by atoms with Crippen LogP contribution >= 0.6 is 0 Å². The zero-order chi connectivity index (χ0) is 27.8. The van der Waals surface area contributed by atoms with Crippen LogP contribution in [0.1, 0.15) is 18.4 Å². The van der Waals surface area contributed by atoms with E-state index >= 15 is 0 Å². The minimum absolute atomic E-state index is 0.0626. The number of ether oxygens (including phenoxy) is 1. The molecule has 14 heteroatoms. The van der Waals surface area contributed by atoms with Crippen molar-refractivity contribution in [3.8, 4) is 16.9 Å². The molecule has 0 amide bonds. The first-order valence-corrected chi connectivity index (χ1v) is 13.4. The Morgan fingerprint density at radius 2 is 1.72 bits per heavy atom. The summed E-state index contributed by atoms with van der Waals surface area (Å²) >= 11 is 0. The second kappa shape index (κ2) is 10.3. The molecule has 1 fully saturated rings. The van der Waals surface area contributed by atoms with Crippen molar-refractivity contribution in [1.82, 2.24) is 20.3 Å². The third-order valence-electron chi connectivity index (χ3n) is 6.24. The van der Waals surface area contributed by atoms with Crippen LogP contribution in [0.15, 0.2) is 59.8 Å². The van der Waals surface area contributed by atoms with Gasteiger partial charge in [-0.15, -0.1) is 0 Å². The minimum atomic E-state index is -4.69. The fourth-order valence-electron chi connectivity index (χ4n) is 4.32. The van der Waals surface area contributed by atoms with E-state index in [-0.39, 0.29) is 39.6 Å². The van der Waals surface area contributed by atoms with E-state index in [9.17, 15) is 21.6 Å². The second-order valence-electron chi connectivity index (χ2n) is 8.99. The standard InChI is InChI=1S/C25H24F3N7O3S/c26-25(27,28)20-11-21(29)32-13-19(20)18-6-1-14-12-33-24(34-15-2-4-17(5-3-15)39(30,36)37)35-22(14)23(18)38-16-7-9-31-10-8-16/h1-6,11-13,16,31H,7-10H2,(H2,29,32)(H2,30,36,37)(H,33,34,35). The first-order chi connectivity index (χ1) is 18.5. The van der Waals surface area contributed by atoms with Crippen LogP contribution in [0.2, 0.25) is 0 Å². The van der Waals surface area contributed by atoms with E-state index in [1.165, 1.54) is 36.5 Å². The van der Waals surface area contributed by atoms with Gasteiger partial charge in [-0.05, 0) is 62.3 Å². The Kier molecular flexibility index (Phi) is 7.01. The average Bonchev–Trinajstić information content (AvgIpc) is 2.89.